The van der Waals surface area contributed by atoms with Crippen molar-refractivity contribution in [1.29, 1.82) is 0 Å². The Labute approximate surface area is 124 Å². The van der Waals surface area contributed by atoms with E-state index in [4.69, 9.17) is 26.4 Å². The van der Waals surface area contributed by atoms with E-state index in [1.807, 2.05) is 0 Å². The summed E-state index contributed by atoms with van der Waals surface area (Å²) in [6.07, 6.45) is -8.82. The lowest BCUT2D eigenvalue weighted by atomic mass is 9.74. The van der Waals surface area contributed by atoms with E-state index in [0.717, 1.165) is 0 Å². The number of carbonyl (C=O) groups excluding carboxylic acids is 1. The van der Waals surface area contributed by atoms with Gasteiger partial charge in [-0.1, -0.05) is 0 Å². The van der Waals surface area contributed by atoms with Gasteiger partial charge >= 0.3 is 5.97 Å². The summed E-state index contributed by atoms with van der Waals surface area (Å²) < 4.78 is 4.80. The van der Waals surface area contributed by atoms with E-state index in [1.165, 1.54) is 0 Å². The van der Waals surface area contributed by atoms with Crippen LogP contribution >= 0.6 is 0 Å². The van der Waals surface area contributed by atoms with Crippen molar-refractivity contribution in [3.63, 3.8) is 0 Å². The Kier molecular flexibility index (Phi) is 5.59. The molecule has 0 spiro atoms. The van der Waals surface area contributed by atoms with Gasteiger partial charge in [-0.25, -0.2) is 4.79 Å². The number of carbonyl (C=O) groups is 2. The molecule has 0 aromatic carbocycles. The molecule has 3 unspecified atom stereocenters. The van der Waals surface area contributed by atoms with Gasteiger partial charge in [-0.2, -0.15) is 0 Å². The van der Waals surface area contributed by atoms with Gasteiger partial charge in [0, 0.05) is 6.42 Å². The number of aliphatic carboxylic acids is 1. The van der Waals surface area contributed by atoms with Gasteiger partial charge in [0.25, 0.3) is 5.79 Å². The molecule has 0 bridgehead atoms. The summed E-state index contributed by atoms with van der Waals surface area (Å²) in [6, 6.07) is 0. The van der Waals surface area contributed by atoms with Gasteiger partial charge in [0.15, 0.2) is 5.78 Å². The van der Waals surface area contributed by atoms with Crippen LogP contribution in [0.4, 0.5) is 0 Å². The highest BCUT2D eigenvalue weighted by Gasteiger charge is 2.62. The SMILES string of the molecule is NCC(=O)[C@@]1(N)[C@@H](O)CC(O)(C(=O)O)O[C@H]1C(O)C(O)CO. The van der Waals surface area contributed by atoms with E-state index in [0.29, 0.717) is 0 Å². The van der Waals surface area contributed by atoms with Crippen molar-refractivity contribution in [3.05, 3.63) is 0 Å². The summed E-state index contributed by atoms with van der Waals surface area (Å²) in [7, 11) is 0. The molecular formula is C11H20N2O9. The number of hydrogen-bond acceptors (Lipinski definition) is 10. The number of ketones is 1. The number of nitrogens with two attached hydrogens (primary N) is 2. The molecule has 0 aliphatic carbocycles. The zero-order chi connectivity index (χ0) is 17.3. The fourth-order valence-electron chi connectivity index (χ4n) is 2.30. The largest absolute Gasteiger partial charge is 0.477 e. The standard InChI is InChI=1S/C11H20N2O9/c12-2-6(17)11(13)5(16)1-10(21,9(19)20)22-8(11)7(18)4(15)3-14/h4-5,7-8,14-16,18,21H,1-3,12-13H2,(H,19,20)/t4?,5-,7?,8-,10?,11-/m0/s1. The van der Waals surface area contributed by atoms with Crippen molar-refractivity contribution >= 4 is 11.8 Å². The number of aliphatic hydroxyl groups excluding tert-OH is 4. The Morgan fingerprint density at radius 1 is 1.36 bits per heavy atom. The molecule has 6 atom stereocenters. The maximum Gasteiger partial charge on any atom is 0.364 e. The van der Waals surface area contributed by atoms with Crippen molar-refractivity contribution in [2.24, 2.45) is 11.5 Å². The fraction of sp³-hybridized carbons (Fsp3) is 0.818. The maximum absolute atomic E-state index is 11.9. The maximum atomic E-state index is 11.9. The van der Waals surface area contributed by atoms with Crippen molar-refractivity contribution in [2.45, 2.75) is 42.2 Å². The molecule has 10 N–H and O–H groups in total. The number of carboxylic acids is 1. The summed E-state index contributed by atoms with van der Waals surface area (Å²) in [5.74, 6) is -5.80. The minimum absolute atomic E-state index is 0.666. The molecule has 11 heteroatoms. The minimum Gasteiger partial charge on any atom is -0.477 e. The van der Waals surface area contributed by atoms with Crippen LogP contribution in [0.3, 0.4) is 0 Å². The minimum atomic E-state index is -2.93. The molecule has 1 aliphatic heterocycles. The van der Waals surface area contributed by atoms with Crippen LogP contribution in [0.1, 0.15) is 6.42 Å². The first-order valence-corrected chi connectivity index (χ1v) is 6.35. The number of ether oxygens (including phenoxy) is 1. The number of carboxylic acid groups (broad SMARTS) is 1. The molecule has 0 aromatic heterocycles. The van der Waals surface area contributed by atoms with Crippen molar-refractivity contribution < 1.29 is 45.0 Å². The smallest absolute Gasteiger partial charge is 0.364 e. The van der Waals surface area contributed by atoms with E-state index in [2.05, 4.69) is 0 Å². The van der Waals surface area contributed by atoms with Gasteiger partial charge < -0.3 is 46.8 Å². The number of rotatable bonds is 6. The number of aliphatic hydroxyl groups is 5. The highest BCUT2D eigenvalue weighted by Crippen LogP contribution is 2.36. The molecule has 22 heavy (non-hydrogen) atoms. The first kappa shape index (κ1) is 18.9. The van der Waals surface area contributed by atoms with Crippen molar-refractivity contribution in [2.75, 3.05) is 13.2 Å². The fourth-order valence-corrected chi connectivity index (χ4v) is 2.30. The molecule has 128 valence electrons. The van der Waals surface area contributed by atoms with Crippen LogP contribution in [0.5, 0.6) is 0 Å². The average molecular weight is 324 g/mol. The highest BCUT2D eigenvalue weighted by molar-refractivity contribution is 5.92. The quantitative estimate of drug-likeness (QED) is 0.231. The second-order valence-electron chi connectivity index (χ2n) is 5.15. The Bertz CT molecular complexity index is 447. The third-order valence-electron chi connectivity index (χ3n) is 3.71. The van der Waals surface area contributed by atoms with Gasteiger partial charge in [0.2, 0.25) is 0 Å². The molecule has 1 saturated heterocycles. The van der Waals surface area contributed by atoms with E-state index in [9.17, 15) is 30.0 Å². The Morgan fingerprint density at radius 3 is 2.32 bits per heavy atom. The Morgan fingerprint density at radius 2 is 1.91 bits per heavy atom. The van der Waals surface area contributed by atoms with Gasteiger partial charge in [0.05, 0.1) is 19.3 Å². The van der Waals surface area contributed by atoms with E-state index in [1.54, 1.807) is 0 Å². The summed E-state index contributed by atoms with van der Waals surface area (Å²) in [6.45, 7) is -1.63. The van der Waals surface area contributed by atoms with Crippen LogP contribution in [0.15, 0.2) is 0 Å². The molecule has 1 heterocycles. The zero-order valence-electron chi connectivity index (χ0n) is 11.5. The van der Waals surface area contributed by atoms with Gasteiger partial charge in [-0.05, 0) is 0 Å². The van der Waals surface area contributed by atoms with Gasteiger partial charge in [-0.15, -0.1) is 0 Å². The second-order valence-corrected chi connectivity index (χ2v) is 5.15. The molecule has 0 amide bonds. The molecule has 1 rings (SSSR count). The molecule has 0 saturated carbocycles. The van der Waals surface area contributed by atoms with Crippen molar-refractivity contribution in [3.8, 4) is 0 Å². The van der Waals surface area contributed by atoms with Crippen LogP contribution < -0.4 is 11.5 Å². The van der Waals surface area contributed by atoms with Gasteiger partial charge in [0.1, 0.15) is 23.9 Å². The number of hydrogen-bond donors (Lipinski definition) is 8. The van der Waals surface area contributed by atoms with E-state index < -0.39 is 67.1 Å². The predicted octanol–water partition coefficient (Wildman–Crippen LogP) is -5.15. The normalized spacial score (nSPS) is 38.3. The first-order valence-electron chi connectivity index (χ1n) is 6.35. The summed E-state index contributed by atoms with van der Waals surface area (Å²) >= 11 is 0. The third kappa shape index (κ3) is 2.98. The van der Waals surface area contributed by atoms with Crippen molar-refractivity contribution in [1.82, 2.24) is 0 Å². The van der Waals surface area contributed by atoms with Crippen LogP contribution in [0.25, 0.3) is 0 Å². The first-order chi connectivity index (χ1) is 10.0. The Hall–Kier alpha value is -1.18. The molecular weight excluding hydrogens is 304 g/mol. The Balaban J connectivity index is 3.31. The molecule has 1 aliphatic rings. The zero-order valence-corrected chi connectivity index (χ0v) is 11.5. The topological polar surface area (TPSA) is 217 Å². The average Bonchev–Trinajstić information content (AvgIpc) is 2.48. The highest BCUT2D eigenvalue weighted by atomic mass is 16.7. The van der Waals surface area contributed by atoms with Crippen LogP contribution in [0.2, 0.25) is 0 Å². The summed E-state index contributed by atoms with van der Waals surface area (Å²) in [5.41, 5.74) is 8.57. The van der Waals surface area contributed by atoms with Gasteiger partial charge in [-0.3, -0.25) is 4.79 Å². The molecule has 0 radical (unpaired) electrons. The summed E-state index contributed by atoms with van der Waals surface area (Å²) in [5, 5.41) is 57.1. The lowest BCUT2D eigenvalue weighted by Crippen LogP contribution is -2.77. The van der Waals surface area contributed by atoms with Crippen LogP contribution in [0, 0.1) is 0 Å². The van der Waals surface area contributed by atoms with Crippen LogP contribution in [-0.2, 0) is 14.3 Å². The second kappa shape index (κ2) is 6.52. The lowest BCUT2D eigenvalue weighted by molar-refractivity contribution is -0.303. The monoisotopic (exact) mass is 324 g/mol. The lowest BCUT2D eigenvalue weighted by Gasteiger charge is -2.49. The molecule has 11 nitrogen and oxygen atoms in total. The van der Waals surface area contributed by atoms with E-state index >= 15 is 0 Å². The number of Topliss-reactive ketones (excluding diaryl/α,β-unsaturated/α-hetero) is 1. The third-order valence-corrected chi connectivity index (χ3v) is 3.71. The van der Waals surface area contributed by atoms with Crippen LogP contribution in [-0.4, -0.2) is 91.3 Å². The summed E-state index contributed by atoms with van der Waals surface area (Å²) in [4.78, 5) is 23.0. The predicted molar refractivity (Wildman–Crippen MR) is 68.2 cm³/mol. The van der Waals surface area contributed by atoms with E-state index in [-0.39, 0.29) is 0 Å². The molecule has 0 aromatic rings. The molecule has 1 fully saturated rings.